The van der Waals surface area contributed by atoms with E-state index in [0.29, 0.717) is 6.07 Å². The molecular weight excluding hydrogens is 320 g/mol. The quantitative estimate of drug-likeness (QED) is 0.851. The van der Waals surface area contributed by atoms with Crippen molar-refractivity contribution in [1.29, 1.82) is 0 Å². The molecule has 0 aliphatic rings. The normalized spacial score (nSPS) is 11.6. The molecule has 0 bridgehead atoms. The number of carbonyl (C=O) groups excluding carboxylic acids is 1. The van der Waals surface area contributed by atoms with Gasteiger partial charge in [-0.1, -0.05) is 36.4 Å². The molecule has 2 aromatic rings. The van der Waals surface area contributed by atoms with Crippen LogP contribution in [0.25, 0.3) is 0 Å². The lowest BCUT2D eigenvalue weighted by molar-refractivity contribution is -0.139. The third kappa shape index (κ3) is 5.05. The van der Waals surface area contributed by atoms with Crippen LogP contribution >= 0.6 is 0 Å². The summed E-state index contributed by atoms with van der Waals surface area (Å²) >= 11 is 0. The predicted molar refractivity (Wildman–Crippen MR) is 81.2 cm³/mol. The van der Waals surface area contributed by atoms with Crippen LogP contribution in [-0.4, -0.2) is 23.2 Å². The van der Waals surface area contributed by atoms with E-state index in [9.17, 15) is 18.4 Å². The summed E-state index contributed by atoms with van der Waals surface area (Å²) in [6.07, 6.45) is -1.27. The fraction of sp³-hybridized carbons (Fsp3) is 0.176. The minimum Gasteiger partial charge on any atom is -0.480 e. The van der Waals surface area contributed by atoms with Gasteiger partial charge in [0, 0.05) is 12.5 Å². The van der Waals surface area contributed by atoms with Crippen molar-refractivity contribution in [2.24, 2.45) is 0 Å². The van der Waals surface area contributed by atoms with Gasteiger partial charge in [-0.25, -0.2) is 18.4 Å². The molecule has 0 aliphatic heterocycles. The van der Waals surface area contributed by atoms with Gasteiger partial charge < -0.3 is 15.2 Å². The summed E-state index contributed by atoms with van der Waals surface area (Å²) < 4.78 is 31.4. The Labute approximate surface area is 136 Å². The van der Waals surface area contributed by atoms with Crippen molar-refractivity contribution in [3.63, 3.8) is 0 Å². The summed E-state index contributed by atoms with van der Waals surface area (Å²) in [6, 6.07) is 10.3. The first-order valence-electron chi connectivity index (χ1n) is 7.09. The number of alkyl carbamates (subject to hydrolysis) is 1. The van der Waals surface area contributed by atoms with E-state index in [-0.39, 0.29) is 18.6 Å². The summed E-state index contributed by atoms with van der Waals surface area (Å²) in [5.41, 5.74) is 0.719. The fourth-order valence-electron chi connectivity index (χ4n) is 2.01. The maximum atomic E-state index is 13.6. The molecule has 0 aliphatic carbocycles. The monoisotopic (exact) mass is 335 g/mol. The minimum atomic E-state index is -1.40. The zero-order valence-corrected chi connectivity index (χ0v) is 12.5. The Morgan fingerprint density at radius 1 is 1.12 bits per heavy atom. The Morgan fingerprint density at radius 2 is 1.83 bits per heavy atom. The number of carboxylic acid groups (broad SMARTS) is 1. The van der Waals surface area contributed by atoms with E-state index in [4.69, 9.17) is 9.84 Å². The Morgan fingerprint density at radius 3 is 2.46 bits per heavy atom. The standard InChI is InChI=1S/C17H15F2NO4/c18-13-7-6-12(14(19)9-13)8-15(16(21)22)20-17(23)24-10-11-4-2-1-3-5-11/h1-7,9,15H,8,10H2,(H,20,23)(H,21,22)/t15-/m0/s1. The van der Waals surface area contributed by atoms with Crippen LogP contribution in [0.1, 0.15) is 11.1 Å². The van der Waals surface area contributed by atoms with Gasteiger partial charge in [-0.2, -0.15) is 0 Å². The van der Waals surface area contributed by atoms with E-state index >= 15 is 0 Å². The van der Waals surface area contributed by atoms with E-state index in [0.717, 1.165) is 17.7 Å². The van der Waals surface area contributed by atoms with Crippen molar-refractivity contribution >= 4 is 12.1 Å². The Balaban J connectivity index is 1.95. The molecule has 24 heavy (non-hydrogen) atoms. The number of hydrogen-bond donors (Lipinski definition) is 2. The number of benzene rings is 2. The molecule has 0 saturated heterocycles. The average Bonchev–Trinajstić information content (AvgIpc) is 2.55. The lowest BCUT2D eigenvalue weighted by Gasteiger charge is -2.15. The summed E-state index contributed by atoms with van der Waals surface area (Å²) in [5, 5.41) is 11.3. The SMILES string of the molecule is O=C(N[C@@H](Cc1ccc(F)cc1F)C(=O)O)OCc1ccccc1. The number of hydrogen-bond acceptors (Lipinski definition) is 3. The van der Waals surface area contributed by atoms with Gasteiger partial charge in [-0.05, 0) is 17.2 Å². The largest absolute Gasteiger partial charge is 0.480 e. The number of aliphatic carboxylic acids is 1. The molecular formula is C17H15F2NO4. The third-order valence-electron chi connectivity index (χ3n) is 3.24. The van der Waals surface area contributed by atoms with Gasteiger partial charge in [-0.15, -0.1) is 0 Å². The highest BCUT2D eigenvalue weighted by Gasteiger charge is 2.22. The highest BCUT2D eigenvalue weighted by atomic mass is 19.1. The summed E-state index contributed by atoms with van der Waals surface area (Å²) in [7, 11) is 0. The minimum absolute atomic E-state index is 0.0211. The molecule has 2 rings (SSSR count). The summed E-state index contributed by atoms with van der Waals surface area (Å²) in [5.74, 6) is -2.99. The Kier molecular flexibility index (Phi) is 5.83. The first kappa shape index (κ1) is 17.4. The first-order chi connectivity index (χ1) is 11.5. The molecule has 7 heteroatoms. The molecule has 0 aromatic heterocycles. The van der Waals surface area contributed by atoms with E-state index in [1.54, 1.807) is 30.3 Å². The number of carbonyl (C=O) groups is 2. The van der Waals surface area contributed by atoms with Crippen molar-refractivity contribution in [3.8, 4) is 0 Å². The zero-order valence-electron chi connectivity index (χ0n) is 12.5. The topological polar surface area (TPSA) is 75.6 Å². The van der Waals surface area contributed by atoms with Crippen molar-refractivity contribution in [2.45, 2.75) is 19.1 Å². The number of ether oxygens (including phenoxy) is 1. The number of amides is 1. The van der Waals surface area contributed by atoms with Crippen molar-refractivity contribution in [3.05, 3.63) is 71.3 Å². The molecule has 0 unspecified atom stereocenters. The van der Waals surface area contributed by atoms with Gasteiger partial charge in [0.1, 0.15) is 24.3 Å². The molecule has 1 amide bonds. The molecule has 2 aromatic carbocycles. The highest BCUT2D eigenvalue weighted by Crippen LogP contribution is 2.12. The van der Waals surface area contributed by atoms with Crippen LogP contribution in [-0.2, 0) is 22.6 Å². The summed E-state index contributed by atoms with van der Waals surface area (Å²) in [4.78, 5) is 22.9. The molecule has 126 valence electrons. The molecule has 0 saturated carbocycles. The number of halogens is 2. The van der Waals surface area contributed by atoms with Crippen LogP contribution in [0.3, 0.4) is 0 Å². The van der Waals surface area contributed by atoms with E-state index in [1.807, 2.05) is 0 Å². The molecule has 0 fully saturated rings. The third-order valence-corrected chi connectivity index (χ3v) is 3.24. The number of nitrogens with one attached hydrogen (secondary N) is 1. The average molecular weight is 335 g/mol. The first-order valence-corrected chi connectivity index (χ1v) is 7.09. The van der Waals surface area contributed by atoms with Gasteiger partial charge in [0.25, 0.3) is 0 Å². The molecule has 0 spiro atoms. The molecule has 5 nitrogen and oxygen atoms in total. The van der Waals surface area contributed by atoms with Crippen LogP contribution < -0.4 is 5.32 Å². The number of carboxylic acids is 1. The van der Waals surface area contributed by atoms with Gasteiger partial charge >= 0.3 is 12.1 Å². The van der Waals surface area contributed by atoms with Gasteiger partial charge in [0.15, 0.2) is 0 Å². The molecule has 0 heterocycles. The van der Waals surface area contributed by atoms with Crippen LogP contribution in [0.4, 0.5) is 13.6 Å². The van der Waals surface area contributed by atoms with Crippen LogP contribution in [0.2, 0.25) is 0 Å². The van der Waals surface area contributed by atoms with Crippen LogP contribution in [0.15, 0.2) is 48.5 Å². The second-order valence-electron chi connectivity index (χ2n) is 5.04. The van der Waals surface area contributed by atoms with Crippen molar-refractivity contribution in [1.82, 2.24) is 5.32 Å². The smallest absolute Gasteiger partial charge is 0.408 e. The Bertz CT molecular complexity index is 722. The second-order valence-corrected chi connectivity index (χ2v) is 5.04. The highest BCUT2D eigenvalue weighted by molar-refractivity contribution is 5.80. The zero-order chi connectivity index (χ0) is 17.5. The van der Waals surface area contributed by atoms with E-state index < -0.39 is 29.7 Å². The van der Waals surface area contributed by atoms with E-state index in [2.05, 4.69) is 5.32 Å². The van der Waals surface area contributed by atoms with Gasteiger partial charge in [0.05, 0.1) is 0 Å². The fourth-order valence-corrected chi connectivity index (χ4v) is 2.01. The summed E-state index contributed by atoms with van der Waals surface area (Å²) in [6.45, 7) is -0.0239. The molecule has 2 N–H and O–H groups in total. The maximum absolute atomic E-state index is 13.6. The lowest BCUT2D eigenvalue weighted by Crippen LogP contribution is -2.42. The van der Waals surface area contributed by atoms with Crippen molar-refractivity contribution in [2.75, 3.05) is 0 Å². The van der Waals surface area contributed by atoms with Gasteiger partial charge in [-0.3, -0.25) is 0 Å². The Hall–Kier alpha value is -2.96. The van der Waals surface area contributed by atoms with E-state index in [1.165, 1.54) is 0 Å². The second kappa shape index (κ2) is 8.05. The number of rotatable bonds is 6. The molecule has 1 atom stereocenters. The van der Waals surface area contributed by atoms with Crippen LogP contribution in [0.5, 0.6) is 0 Å². The van der Waals surface area contributed by atoms with Crippen molar-refractivity contribution < 1.29 is 28.2 Å². The van der Waals surface area contributed by atoms with Crippen LogP contribution in [0, 0.1) is 11.6 Å². The predicted octanol–water partition coefficient (Wildman–Crippen LogP) is 2.89. The molecule has 0 radical (unpaired) electrons. The maximum Gasteiger partial charge on any atom is 0.408 e. The lowest BCUT2D eigenvalue weighted by atomic mass is 10.1. The van der Waals surface area contributed by atoms with Gasteiger partial charge in [0.2, 0.25) is 0 Å².